The van der Waals surface area contributed by atoms with Crippen LogP contribution in [0.4, 0.5) is 0 Å². The highest BCUT2D eigenvalue weighted by Gasteiger charge is 2.37. The molecule has 1 aromatic carbocycles. The highest BCUT2D eigenvalue weighted by Crippen LogP contribution is 2.45. The number of benzene rings is 1. The molecule has 0 aromatic heterocycles. The van der Waals surface area contributed by atoms with Crippen molar-refractivity contribution in [3.05, 3.63) is 29.8 Å². The first-order chi connectivity index (χ1) is 8.95. The van der Waals surface area contributed by atoms with E-state index in [9.17, 15) is 5.11 Å². The molecule has 0 saturated heterocycles. The van der Waals surface area contributed by atoms with Crippen LogP contribution in [0, 0.1) is 5.41 Å². The van der Waals surface area contributed by atoms with Crippen molar-refractivity contribution in [2.24, 2.45) is 5.41 Å². The van der Waals surface area contributed by atoms with E-state index < -0.39 is 5.60 Å². The van der Waals surface area contributed by atoms with Crippen molar-refractivity contribution in [1.29, 1.82) is 0 Å². The van der Waals surface area contributed by atoms with Gasteiger partial charge in [0, 0.05) is 7.11 Å². The maximum atomic E-state index is 10.8. The molecule has 1 aromatic rings. The molecule has 0 spiro atoms. The number of hydrogen-bond donors (Lipinski definition) is 1. The molecule has 1 fully saturated rings. The Kier molecular flexibility index (Phi) is 4.16. The number of aliphatic hydroxyl groups is 1. The molecule has 0 atom stereocenters. The minimum absolute atomic E-state index is 0.231. The van der Waals surface area contributed by atoms with Crippen LogP contribution in [0.25, 0.3) is 0 Å². The van der Waals surface area contributed by atoms with Gasteiger partial charge in [-0.15, -0.1) is 0 Å². The van der Waals surface area contributed by atoms with Gasteiger partial charge in [0.1, 0.15) is 5.75 Å². The third kappa shape index (κ3) is 3.48. The van der Waals surface area contributed by atoms with Gasteiger partial charge in [-0.05, 0) is 48.8 Å². The molecule has 3 heteroatoms. The van der Waals surface area contributed by atoms with Gasteiger partial charge < -0.3 is 14.6 Å². The highest BCUT2D eigenvalue weighted by molar-refractivity contribution is 5.32. The van der Waals surface area contributed by atoms with E-state index in [0.717, 1.165) is 37.0 Å². The predicted molar refractivity (Wildman–Crippen MR) is 75.1 cm³/mol. The molecular formula is C16H24O3. The van der Waals surface area contributed by atoms with Crippen LogP contribution in [-0.4, -0.2) is 19.0 Å². The van der Waals surface area contributed by atoms with Crippen molar-refractivity contribution in [2.75, 3.05) is 13.9 Å². The Hall–Kier alpha value is -1.06. The molecule has 2 rings (SSSR count). The van der Waals surface area contributed by atoms with E-state index in [1.54, 1.807) is 7.11 Å². The Morgan fingerprint density at radius 2 is 1.84 bits per heavy atom. The van der Waals surface area contributed by atoms with Gasteiger partial charge in [-0.3, -0.25) is 0 Å². The van der Waals surface area contributed by atoms with Crippen LogP contribution in [0.1, 0.15) is 45.1 Å². The van der Waals surface area contributed by atoms with Gasteiger partial charge in [0.25, 0.3) is 0 Å². The summed E-state index contributed by atoms with van der Waals surface area (Å²) in [5, 5.41) is 10.8. The third-order valence-corrected chi connectivity index (χ3v) is 4.15. The SMILES string of the molecule is COCOc1cccc(C2(O)CCC(C)(C)CC2)c1. The zero-order chi connectivity index (χ0) is 13.9. The second-order valence-corrected chi connectivity index (χ2v) is 6.27. The van der Waals surface area contributed by atoms with Gasteiger partial charge in [-0.1, -0.05) is 26.0 Å². The molecule has 0 amide bonds. The fourth-order valence-electron chi connectivity index (χ4n) is 2.63. The molecular weight excluding hydrogens is 240 g/mol. The normalized spacial score (nSPS) is 21.1. The molecule has 106 valence electrons. The number of ether oxygens (including phenoxy) is 2. The van der Waals surface area contributed by atoms with Gasteiger partial charge >= 0.3 is 0 Å². The van der Waals surface area contributed by atoms with Crippen molar-refractivity contribution >= 4 is 0 Å². The lowest BCUT2D eigenvalue weighted by Gasteiger charge is -2.40. The maximum Gasteiger partial charge on any atom is 0.188 e. The molecule has 19 heavy (non-hydrogen) atoms. The standard InChI is InChI=1S/C16H24O3/c1-15(2)7-9-16(17,10-8-15)13-5-4-6-14(11-13)19-12-18-3/h4-6,11,17H,7-10,12H2,1-3H3. The number of hydrogen-bond acceptors (Lipinski definition) is 3. The molecule has 0 aliphatic heterocycles. The van der Waals surface area contributed by atoms with Crippen molar-refractivity contribution in [2.45, 2.75) is 45.1 Å². The van der Waals surface area contributed by atoms with Crippen LogP contribution in [0.15, 0.2) is 24.3 Å². The first-order valence-electron chi connectivity index (χ1n) is 6.90. The molecule has 1 aliphatic carbocycles. The monoisotopic (exact) mass is 264 g/mol. The van der Waals surface area contributed by atoms with Crippen molar-refractivity contribution in [1.82, 2.24) is 0 Å². The molecule has 0 bridgehead atoms. The summed E-state index contributed by atoms with van der Waals surface area (Å²) < 4.78 is 10.3. The summed E-state index contributed by atoms with van der Waals surface area (Å²) in [7, 11) is 1.60. The molecule has 0 heterocycles. The Balaban J connectivity index is 2.12. The van der Waals surface area contributed by atoms with E-state index in [-0.39, 0.29) is 6.79 Å². The van der Waals surface area contributed by atoms with Crippen LogP contribution in [0.5, 0.6) is 5.75 Å². The van der Waals surface area contributed by atoms with Crippen LogP contribution in [0.3, 0.4) is 0 Å². The zero-order valence-electron chi connectivity index (χ0n) is 12.1. The summed E-state index contributed by atoms with van der Waals surface area (Å²) in [5.41, 5.74) is 0.592. The van der Waals surface area contributed by atoms with E-state index in [2.05, 4.69) is 13.8 Å². The molecule has 1 N–H and O–H groups in total. The third-order valence-electron chi connectivity index (χ3n) is 4.15. The van der Waals surface area contributed by atoms with Gasteiger partial charge in [-0.2, -0.15) is 0 Å². The minimum Gasteiger partial charge on any atom is -0.468 e. The lowest BCUT2D eigenvalue weighted by Crippen LogP contribution is -2.34. The van der Waals surface area contributed by atoms with E-state index in [1.165, 1.54) is 0 Å². The fraction of sp³-hybridized carbons (Fsp3) is 0.625. The second-order valence-electron chi connectivity index (χ2n) is 6.27. The lowest BCUT2D eigenvalue weighted by atomic mass is 9.69. The van der Waals surface area contributed by atoms with E-state index >= 15 is 0 Å². The number of rotatable bonds is 4. The van der Waals surface area contributed by atoms with E-state index in [4.69, 9.17) is 9.47 Å². The molecule has 1 aliphatic rings. The minimum atomic E-state index is -0.706. The summed E-state index contributed by atoms with van der Waals surface area (Å²) in [6.07, 6.45) is 3.72. The van der Waals surface area contributed by atoms with E-state index in [0.29, 0.717) is 5.41 Å². The fourth-order valence-corrected chi connectivity index (χ4v) is 2.63. The average molecular weight is 264 g/mol. The summed E-state index contributed by atoms with van der Waals surface area (Å²) in [6, 6.07) is 7.73. The molecule has 1 saturated carbocycles. The quantitative estimate of drug-likeness (QED) is 0.846. The Morgan fingerprint density at radius 3 is 2.47 bits per heavy atom. The predicted octanol–water partition coefficient (Wildman–Crippen LogP) is 3.46. The van der Waals surface area contributed by atoms with Crippen molar-refractivity contribution in [3.8, 4) is 5.75 Å². The molecule has 0 radical (unpaired) electrons. The van der Waals surface area contributed by atoms with Crippen LogP contribution >= 0.6 is 0 Å². The largest absolute Gasteiger partial charge is 0.468 e. The van der Waals surface area contributed by atoms with E-state index in [1.807, 2.05) is 24.3 Å². The summed E-state index contributed by atoms with van der Waals surface area (Å²) in [4.78, 5) is 0. The Morgan fingerprint density at radius 1 is 1.16 bits per heavy atom. The highest BCUT2D eigenvalue weighted by atomic mass is 16.7. The molecule has 3 nitrogen and oxygen atoms in total. The van der Waals surface area contributed by atoms with Crippen LogP contribution < -0.4 is 4.74 Å². The van der Waals surface area contributed by atoms with Gasteiger partial charge in [0.15, 0.2) is 6.79 Å². The number of methoxy groups -OCH3 is 1. The van der Waals surface area contributed by atoms with Gasteiger partial charge in [0.05, 0.1) is 5.60 Å². The average Bonchev–Trinajstić information content (AvgIpc) is 2.41. The summed E-state index contributed by atoms with van der Waals surface area (Å²) in [5.74, 6) is 0.748. The second kappa shape index (κ2) is 5.51. The zero-order valence-corrected chi connectivity index (χ0v) is 12.1. The van der Waals surface area contributed by atoms with Crippen LogP contribution in [-0.2, 0) is 10.3 Å². The van der Waals surface area contributed by atoms with Crippen LogP contribution in [0.2, 0.25) is 0 Å². The summed E-state index contributed by atoms with van der Waals surface area (Å²) in [6.45, 7) is 4.77. The lowest BCUT2D eigenvalue weighted by molar-refractivity contribution is -0.0309. The first kappa shape index (κ1) is 14.4. The Bertz CT molecular complexity index is 416. The smallest absolute Gasteiger partial charge is 0.188 e. The first-order valence-corrected chi connectivity index (χ1v) is 6.90. The van der Waals surface area contributed by atoms with Crippen molar-refractivity contribution < 1.29 is 14.6 Å². The topological polar surface area (TPSA) is 38.7 Å². The Labute approximate surface area is 115 Å². The van der Waals surface area contributed by atoms with Gasteiger partial charge in [-0.25, -0.2) is 0 Å². The van der Waals surface area contributed by atoms with Crippen molar-refractivity contribution in [3.63, 3.8) is 0 Å². The maximum absolute atomic E-state index is 10.8. The summed E-state index contributed by atoms with van der Waals surface area (Å²) >= 11 is 0. The molecule has 0 unspecified atom stereocenters. The van der Waals surface area contributed by atoms with Gasteiger partial charge in [0.2, 0.25) is 0 Å².